The van der Waals surface area contributed by atoms with E-state index in [0.29, 0.717) is 0 Å². The molecule has 0 rings (SSSR count). The molecule has 0 heterocycles. The van der Waals surface area contributed by atoms with Crippen molar-refractivity contribution in [2.45, 2.75) is 68.2 Å². The van der Waals surface area contributed by atoms with E-state index in [0.717, 1.165) is 5.92 Å². The lowest BCUT2D eigenvalue weighted by atomic mass is 10.3. The third-order valence-electron chi connectivity index (χ3n) is 1.11. The minimum Gasteiger partial charge on any atom is -0.131 e. The van der Waals surface area contributed by atoms with Gasteiger partial charge >= 0.3 is 0 Å². The number of allylic oxidation sites excluding steroid dienone is 2. The zero-order valence-corrected chi connectivity index (χ0v) is 14.2. The molecule has 104 valence electrons. The molecule has 0 aromatic carbocycles. The first-order valence-corrected chi connectivity index (χ1v) is 7.72. The Hall–Kier alpha value is -0.350. The summed E-state index contributed by atoms with van der Waals surface area (Å²) >= 11 is 1.96. The molecule has 0 nitrogen and oxygen atoms in total. The highest BCUT2D eigenvalue weighted by atomic mass is 32.2. The third kappa shape index (κ3) is 49.8. The fourth-order valence-corrected chi connectivity index (χ4v) is 1.58. The predicted octanol–water partition coefficient (Wildman–Crippen LogP) is 6.38. The molecule has 0 bridgehead atoms. The Labute approximate surface area is 116 Å². The molecule has 0 spiro atoms. The highest BCUT2D eigenvalue weighted by Gasteiger charge is 1.89. The second-order valence-electron chi connectivity index (χ2n) is 3.60. The molecule has 0 aromatic heterocycles. The molecular formula is C16H34S. The van der Waals surface area contributed by atoms with Crippen LogP contribution in [0.5, 0.6) is 0 Å². The largest absolute Gasteiger partial charge is 0.131 e. The summed E-state index contributed by atoms with van der Waals surface area (Å²) in [5, 5.41) is 0. The van der Waals surface area contributed by atoms with Crippen LogP contribution in [-0.2, 0) is 0 Å². The summed E-state index contributed by atoms with van der Waals surface area (Å²) < 4.78 is 0. The zero-order chi connectivity index (χ0) is 14.7. The van der Waals surface area contributed by atoms with Gasteiger partial charge in [0, 0.05) is 0 Å². The molecule has 0 aliphatic rings. The van der Waals surface area contributed by atoms with Crippen LogP contribution in [0.4, 0.5) is 0 Å². The topological polar surface area (TPSA) is 0 Å². The molecule has 0 atom stereocenters. The van der Waals surface area contributed by atoms with Gasteiger partial charge in [-0.1, -0.05) is 61.5 Å². The van der Waals surface area contributed by atoms with E-state index in [-0.39, 0.29) is 0 Å². The van der Waals surface area contributed by atoms with Gasteiger partial charge in [-0.25, -0.2) is 0 Å². The lowest BCUT2D eigenvalue weighted by molar-refractivity contribution is 0.737. The van der Waals surface area contributed by atoms with E-state index < -0.39 is 0 Å². The van der Waals surface area contributed by atoms with Crippen molar-refractivity contribution >= 4 is 11.8 Å². The highest BCUT2D eigenvalue weighted by molar-refractivity contribution is 8.03. The van der Waals surface area contributed by atoms with E-state index in [1.165, 1.54) is 18.6 Å². The Morgan fingerprint density at radius 2 is 1.41 bits per heavy atom. The normalized spacial score (nSPS) is 9.00. The van der Waals surface area contributed by atoms with Gasteiger partial charge in [0.1, 0.15) is 0 Å². The van der Waals surface area contributed by atoms with Crippen LogP contribution in [0, 0.1) is 18.8 Å². The van der Waals surface area contributed by atoms with Gasteiger partial charge in [-0.05, 0) is 29.4 Å². The first-order chi connectivity index (χ1) is 8.08. The van der Waals surface area contributed by atoms with Gasteiger partial charge in [0.15, 0.2) is 0 Å². The molecule has 0 fully saturated rings. The molecule has 0 saturated carbocycles. The summed E-state index contributed by atoms with van der Waals surface area (Å²) in [5.41, 5.74) is 0. The van der Waals surface area contributed by atoms with Crippen molar-refractivity contribution in [3.63, 3.8) is 0 Å². The fraction of sp³-hybridized carbons (Fsp3) is 0.750. The van der Waals surface area contributed by atoms with E-state index in [2.05, 4.69) is 60.5 Å². The van der Waals surface area contributed by atoms with Crippen LogP contribution in [0.2, 0.25) is 0 Å². The van der Waals surface area contributed by atoms with E-state index in [4.69, 9.17) is 0 Å². The van der Waals surface area contributed by atoms with Crippen LogP contribution in [0.25, 0.3) is 0 Å². The smallest absolute Gasteiger partial charge is 0.00518 e. The minimum atomic E-state index is 0.833. The quantitative estimate of drug-likeness (QED) is 0.527. The number of hydrogen-bond donors (Lipinski definition) is 0. The van der Waals surface area contributed by atoms with E-state index >= 15 is 0 Å². The van der Waals surface area contributed by atoms with Gasteiger partial charge in [0.2, 0.25) is 0 Å². The molecule has 0 amide bonds. The predicted molar refractivity (Wildman–Crippen MR) is 88.5 cm³/mol. The third-order valence-corrected chi connectivity index (χ3v) is 2.22. The Bertz CT molecular complexity index is 140. The van der Waals surface area contributed by atoms with Crippen LogP contribution in [0.3, 0.4) is 0 Å². The fourth-order valence-electron chi connectivity index (χ4n) is 0.718. The average molecular weight is 259 g/mol. The standard InChI is InChI=1S/C8H16S.C4H10.C2H6.C2H2/c1-4-7-8(5-2)9-6-3;1-4(2)3;2*1-2/h7H,4-6H2,1-3H3;4H,1-3H3;1-2H3;1-2H/b8-7-;;;. The van der Waals surface area contributed by atoms with Crippen molar-refractivity contribution in [3.05, 3.63) is 11.0 Å². The molecule has 1 heteroatoms. The van der Waals surface area contributed by atoms with Crippen LogP contribution in [0.15, 0.2) is 11.0 Å². The number of hydrogen-bond acceptors (Lipinski definition) is 1. The molecule has 0 unspecified atom stereocenters. The molecule has 0 N–H and O–H groups in total. The maximum atomic E-state index is 4.00. The molecule has 0 saturated heterocycles. The van der Waals surface area contributed by atoms with Gasteiger partial charge in [-0.15, -0.1) is 24.6 Å². The van der Waals surface area contributed by atoms with Crippen molar-refractivity contribution in [1.82, 2.24) is 0 Å². The second-order valence-corrected chi connectivity index (χ2v) is 4.99. The Morgan fingerprint density at radius 3 is 1.59 bits per heavy atom. The van der Waals surface area contributed by atoms with Crippen molar-refractivity contribution in [2.75, 3.05) is 5.75 Å². The molecule has 0 radical (unpaired) electrons. The second kappa shape index (κ2) is 29.6. The van der Waals surface area contributed by atoms with E-state index in [1.807, 2.05) is 25.6 Å². The van der Waals surface area contributed by atoms with Crippen molar-refractivity contribution < 1.29 is 0 Å². The van der Waals surface area contributed by atoms with Crippen LogP contribution in [-0.4, -0.2) is 5.75 Å². The molecular weight excluding hydrogens is 224 g/mol. The van der Waals surface area contributed by atoms with Crippen LogP contribution in [0.1, 0.15) is 68.2 Å². The molecule has 0 aromatic rings. The van der Waals surface area contributed by atoms with Crippen LogP contribution >= 0.6 is 11.8 Å². The SMILES string of the molecule is C#C.CC.CC(C)C.CC/C=C(/CC)SCC. The maximum Gasteiger partial charge on any atom is -0.00518 e. The summed E-state index contributed by atoms with van der Waals surface area (Å²) in [6, 6.07) is 0. The highest BCUT2D eigenvalue weighted by Crippen LogP contribution is 2.18. The first-order valence-electron chi connectivity index (χ1n) is 6.73. The Balaban J connectivity index is -0.0000000887. The van der Waals surface area contributed by atoms with Crippen LogP contribution < -0.4 is 0 Å². The summed E-state index contributed by atoms with van der Waals surface area (Å²) in [6.45, 7) is 17.1. The number of rotatable bonds is 4. The number of thioether (sulfide) groups is 1. The lowest BCUT2D eigenvalue weighted by Crippen LogP contribution is -1.74. The Kier molecular flexibility index (Phi) is 44.4. The first kappa shape index (κ1) is 25.5. The summed E-state index contributed by atoms with van der Waals surface area (Å²) in [6.07, 6.45) is 12.7. The summed E-state index contributed by atoms with van der Waals surface area (Å²) in [5.74, 6) is 2.04. The molecule has 0 aliphatic heterocycles. The molecule has 17 heavy (non-hydrogen) atoms. The monoisotopic (exact) mass is 258 g/mol. The van der Waals surface area contributed by atoms with E-state index in [9.17, 15) is 0 Å². The zero-order valence-electron chi connectivity index (χ0n) is 13.3. The van der Waals surface area contributed by atoms with Gasteiger partial charge in [0.05, 0.1) is 0 Å². The lowest BCUT2D eigenvalue weighted by Gasteiger charge is -1.98. The summed E-state index contributed by atoms with van der Waals surface area (Å²) in [4.78, 5) is 1.54. The van der Waals surface area contributed by atoms with Gasteiger partial charge in [0.25, 0.3) is 0 Å². The van der Waals surface area contributed by atoms with Gasteiger partial charge in [-0.3, -0.25) is 0 Å². The minimum absolute atomic E-state index is 0.833. The molecule has 0 aliphatic carbocycles. The number of terminal acetylenes is 1. The van der Waals surface area contributed by atoms with Crippen molar-refractivity contribution in [2.24, 2.45) is 5.92 Å². The average Bonchev–Trinajstić information content (AvgIpc) is 2.33. The van der Waals surface area contributed by atoms with E-state index in [1.54, 1.807) is 4.91 Å². The van der Waals surface area contributed by atoms with Gasteiger partial charge < -0.3 is 0 Å². The maximum absolute atomic E-state index is 4.00. The van der Waals surface area contributed by atoms with Crippen molar-refractivity contribution in [1.29, 1.82) is 0 Å². The van der Waals surface area contributed by atoms with Crippen molar-refractivity contribution in [3.8, 4) is 12.8 Å². The van der Waals surface area contributed by atoms with Gasteiger partial charge in [-0.2, -0.15) is 0 Å². The summed E-state index contributed by atoms with van der Waals surface area (Å²) in [7, 11) is 0. The Morgan fingerprint density at radius 1 is 1.06 bits per heavy atom.